The van der Waals surface area contributed by atoms with Gasteiger partial charge in [-0.05, 0) is 37.6 Å². The Bertz CT molecular complexity index is 425. The van der Waals surface area contributed by atoms with Gasteiger partial charge in [0.15, 0.2) is 0 Å². The second-order valence-corrected chi connectivity index (χ2v) is 4.43. The third kappa shape index (κ3) is 2.96. The summed E-state index contributed by atoms with van der Waals surface area (Å²) in [5.41, 5.74) is 0.658. The zero-order valence-corrected chi connectivity index (χ0v) is 10.1. The van der Waals surface area contributed by atoms with Crippen LogP contribution >= 0.6 is 11.6 Å². The normalized spacial score (nSPS) is 17.8. The topological polar surface area (TPSA) is 32.3 Å². The van der Waals surface area contributed by atoms with Crippen LogP contribution in [0.25, 0.3) is 0 Å². The fourth-order valence-electron chi connectivity index (χ4n) is 1.86. The molecule has 17 heavy (non-hydrogen) atoms. The molecule has 0 unspecified atom stereocenters. The molecule has 1 fully saturated rings. The van der Waals surface area contributed by atoms with Gasteiger partial charge in [0, 0.05) is 12.2 Å². The van der Waals surface area contributed by atoms with E-state index in [4.69, 9.17) is 11.6 Å². The zero-order chi connectivity index (χ0) is 12.3. The number of hydrogen-bond acceptors (Lipinski definition) is 2. The van der Waals surface area contributed by atoms with Gasteiger partial charge in [-0.3, -0.25) is 4.79 Å². The molecule has 1 heterocycles. The predicted octanol–water partition coefficient (Wildman–Crippen LogP) is 2.20. The largest absolute Gasteiger partial charge is 0.311 e. The van der Waals surface area contributed by atoms with Gasteiger partial charge in [-0.2, -0.15) is 0 Å². The quantitative estimate of drug-likeness (QED) is 0.836. The van der Waals surface area contributed by atoms with E-state index in [1.165, 1.54) is 12.1 Å². The number of nitrogens with zero attached hydrogens (tertiary/aromatic N) is 1. The maximum Gasteiger partial charge on any atom is 0.240 e. The van der Waals surface area contributed by atoms with Crippen LogP contribution in [0.5, 0.6) is 0 Å². The molecule has 1 aliphatic rings. The minimum absolute atomic E-state index is 0.00706. The number of hydrogen-bond donors (Lipinski definition) is 1. The summed E-state index contributed by atoms with van der Waals surface area (Å²) in [6, 6.07) is 4.37. The van der Waals surface area contributed by atoms with E-state index in [-0.39, 0.29) is 10.9 Å². The van der Waals surface area contributed by atoms with Gasteiger partial charge in [-0.15, -0.1) is 0 Å². The Labute approximate surface area is 105 Å². The summed E-state index contributed by atoms with van der Waals surface area (Å²) in [7, 11) is 0. The van der Waals surface area contributed by atoms with Gasteiger partial charge in [0.2, 0.25) is 5.91 Å². The first kappa shape index (κ1) is 12.3. The molecular formula is C12H14ClFN2O. The molecule has 92 valence electrons. The Morgan fingerprint density at radius 1 is 1.35 bits per heavy atom. The van der Waals surface area contributed by atoms with E-state index in [1.807, 2.05) is 0 Å². The van der Waals surface area contributed by atoms with Gasteiger partial charge < -0.3 is 10.2 Å². The molecule has 2 rings (SSSR count). The Morgan fingerprint density at radius 3 is 2.94 bits per heavy atom. The number of nitrogens with one attached hydrogen (secondary N) is 1. The maximum absolute atomic E-state index is 13.1. The van der Waals surface area contributed by atoms with Crippen molar-refractivity contribution in [1.29, 1.82) is 0 Å². The number of halogens is 2. The highest BCUT2D eigenvalue weighted by molar-refractivity contribution is 6.31. The maximum atomic E-state index is 13.1. The van der Waals surface area contributed by atoms with Crippen LogP contribution in [-0.4, -0.2) is 25.5 Å². The first-order chi connectivity index (χ1) is 8.18. The van der Waals surface area contributed by atoms with E-state index >= 15 is 0 Å². The van der Waals surface area contributed by atoms with E-state index in [2.05, 4.69) is 5.32 Å². The lowest BCUT2D eigenvalue weighted by molar-refractivity contribution is -0.118. The van der Waals surface area contributed by atoms with Crippen LogP contribution in [0.2, 0.25) is 5.02 Å². The molecule has 5 heteroatoms. The summed E-state index contributed by atoms with van der Waals surface area (Å²) in [6.07, 6.45) is 1.95. The van der Waals surface area contributed by atoms with Crippen molar-refractivity contribution in [3.8, 4) is 0 Å². The first-order valence-corrected chi connectivity index (χ1v) is 6.02. The molecular weight excluding hydrogens is 243 g/mol. The van der Waals surface area contributed by atoms with Gasteiger partial charge >= 0.3 is 0 Å². The first-order valence-electron chi connectivity index (χ1n) is 5.64. The van der Waals surface area contributed by atoms with Crippen LogP contribution in [0, 0.1) is 5.82 Å². The summed E-state index contributed by atoms with van der Waals surface area (Å²) < 4.78 is 13.1. The van der Waals surface area contributed by atoms with Gasteiger partial charge in [0.05, 0.1) is 11.6 Å². The minimum atomic E-state index is -0.465. The fraction of sp³-hybridized carbons (Fsp3) is 0.417. The van der Waals surface area contributed by atoms with Gasteiger partial charge in [0.1, 0.15) is 5.82 Å². The van der Waals surface area contributed by atoms with Crippen LogP contribution in [0.15, 0.2) is 18.2 Å². The molecule has 0 saturated carbocycles. The van der Waals surface area contributed by atoms with Crippen molar-refractivity contribution in [1.82, 2.24) is 5.32 Å². The highest BCUT2D eigenvalue weighted by Gasteiger charge is 2.17. The molecule has 0 aromatic heterocycles. The third-order valence-electron chi connectivity index (χ3n) is 2.78. The Hall–Kier alpha value is -1.13. The van der Waals surface area contributed by atoms with E-state index in [0.29, 0.717) is 18.8 Å². The number of anilines is 1. The molecule has 0 spiro atoms. The van der Waals surface area contributed by atoms with Crippen molar-refractivity contribution in [3.63, 3.8) is 0 Å². The second-order valence-electron chi connectivity index (χ2n) is 4.03. The van der Waals surface area contributed by atoms with Gasteiger partial charge in [-0.1, -0.05) is 11.6 Å². The Balaban J connectivity index is 2.22. The summed E-state index contributed by atoms with van der Waals surface area (Å²) in [5.74, 6) is -0.472. The number of rotatable bonds is 1. The second kappa shape index (κ2) is 5.47. The Morgan fingerprint density at radius 2 is 2.18 bits per heavy atom. The van der Waals surface area contributed by atoms with E-state index in [1.54, 1.807) is 11.0 Å². The lowest BCUT2D eigenvalue weighted by atomic mass is 10.2. The summed E-state index contributed by atoms with van der Waals surface area (Å²) in [4.78, 5) is 13.5. The van der Waals surface area contributed by atoms with Crippen LogP contribution in [-0.2, 0) is 4.79 Å². The average Bonchev–Trinajstić information content (AvgIpc) is 2.28. The fourth-order valence-corrected chi connectivity index (χ4v) is 2.04. The highest BCUT2D eigenvalue weighted by Crippen LogP contribution is 2.23. The van der Waals surface area contributed by atoms with Crippen molar-refractivity contribution in [2.24, 2.45) is 0 Å². The zero-order valence-electron chi connectivity index (χ0n) is 9.38. The van der Waals surface area contributed by atoms with Gasteiger partial charge in [0.25, 0.3) is 0 Å². The van der Waals surface area contributed by atoms with E-state index in [9.17, 15) is 9.18 Å². The number of amides is 1. The van der Waals surface area contributed by atoms with Crippen molar-refractivity contribution in [2.45, 2.75) is 12.8 Å². The number of benzene rings is 1. The molecule has 1 aromatic carbocycles. The van der Waals surface area contributed by atoms with Crippen molar-refractivity contribution >= 4 is 23.2 Å². The molecule has 3 nitrogen and oxygen atoms in total. The summed E-state index contributed by atoms with van der Waals surface area (Å²) in [6.45, 7) is 1.83. The highest BCUT2D eigenvalue weighted by atomic mass is 35.5. The molecule has 0 aliphatic carbocycles. The standard InChI is InChI=1S/C12H14ClFN2O/c13-10-7-9(3-4-11(10)14)16-6-2-1-5-15-8-12(16)17/h3-4,7,15H,1-2,5-6,8H2. The molecule has 1 amide bonds. The average molecular weight is 257 g/mol. The van der Waals surface area contributed by atoms with Crippen molar-refractivity contribution in [2.75, 3.05) is 24.5 Å². The van der Waals surface area contributed by atoms with Gasteiger partial charge in [-0.25, -0.2) is 4.39 Å². The van der Waals surface area contributed by atoms with Crippen LogP contribution in [0.1, 0.15) is 12.8 Å². The molecule has 0 radical (unpaired) electrons. The molecule has 1 N–H and O–H groups in total. The number of carbonyl (C=O) groups is 1. The summed E-state index contributed by atoms with van der Waals surface area (Å²) >= 11 is 5.73. The monoisotopic (exact) mass is 256 g/mol. The van der Waals surface area contributed by atoms with E-state index in [0.717, 1.165) is 19.4 Å². The molecule has 1 aromatic rings. The molecule has 1 aliphatic heterocycles. The molecule has 0 bridgehead atoms. The third-order valence-corrected chi connectivity index (χ3v) is 3.07. The number of carbonyl (C=O) groups excluding carboxylic acids is 1. The smallest absolute Gasteiger partial charge is 0.240 e. The molecule has 0 atom stereocenters. The lowest BCUT2D eigenvalue weighted by Gasteiger charge is -2.25. The summed E-state index contributed by atoms with van der Waals surface area (Å²) in [5, 5.41) is 3.11. The van der Waals surface area contributed by atoms with Crippen LogP contribution in [0.3, 0.4) is 0 Å². The predicted molar refractivity (Wildman–Crippen MR) is 65.9 cm³/mol. The van der Waals surface area contributed by atoms with Crippen LogP contribution < -0.4 is 10.2 Å². The lowest BCUT2D eigenvalue weighted by Crippen LogP contribution is -2.41. The van der Waals surface area contributed by atoms with E-state index < -0.39 is 5.82 Å². The van der Waals surface area contributed by atoms with Crippen molar-refractivity contribution in [3.05, 3.63) is 29.0 Å². The molecule has 1 saturated heterocycles. The van der Waals surface area contributed by atoms with Crippen molar-refractivity contribution < 1.29 is 9.18 Å². The van der Waals surface area contributed by atoms with Crippen LogP contribution in [0.4, 0.5) is 10.1 Å². The Kier molecular flexibility index (Phi) is 3.97. The SMILES string of the molecule is O=C1CNCCCCN1c1ccc(F)c(Cl)c1. The minimum Gasteiger partial charge on any atom is -0.311 e.